The number of likely N-dealkylation sites (N-methyl/N-ethyl adjacent to an activating group) is 1. The molecule has 1 aliphatic carbocycles. The number of aryl methyl sites for hydroxylation is 1. The third kappa shape index (κ3) is 4.53. The molecular formula is C26H39N5O2. The van der Waals surface area contributed by atoms with Crippen molar-refractivity contribution in [2.24, 2.45) is 5.92 Å². The fourth-order valence-electron chi connectivity index (χ4n) is 5.91. The number of aromatic nitrogens is 1. The lowest BCUT2D eigenvalue weighted by Crippen LogP contribution is -2.54. The molecule has 2 N–H and O–H groups in total. The van der Waals surface area contributed by atoms with Gasteiger partial charge in [0, 0.05) is 48.2 Å². The van der Waals surface area contributed by atoms with E-state index in [1.807, 2.05) is 21.0 Å². The van der Waals surface area contributed by atoms with Gasteiger partial charge in [0.1, 0.15) is 0 Å². The van der Waals surface area contributed by atoms with Crippen molar-refractivity contribution in [3.63, 3.8) is 0 Å². The first kappa shape index (κ1) is 23.8. The van der Waals surface area contributed by atoms with Crippen LogP contribution in [0.3, 0.4) is 0 Å². The highest BCUT2D eigenvalue weighted by Gasteiger charge is 2.43. The number of hydrogen-bond donors (Lipinski definition) is 2. The fraction of sp³-hybridized carbons (Fsp3) is 0.615. The first-order chi connectivity index (χ1) is 15.8. The van der Waals surface area contributed by atoms with E-state index < -0.39 is 0 Å². The summed E-state index contributed by atoms with van der Waals surface area (Å²) in [5.41, 5.74) is 5.36. The van der Waals surface area contributed by atoms with E-state index in [0.717, 1.165) is 32.2 Å². The fourth-order valence-corrected chi connectivity index (χ4v) is 5.91. The van der Waals surface area contributed by atoms with Gasteiger partial charge in [0.15, 0.2) is 0 Å². The van der Waals surface area contributed by atoms with Crippen molar-refractivity contribution in [2.45, 2.75) is 51.5 Å². The van der Waals surface area contributed by atoms with Crippen LogP contribution >= 0.6 is 0 Å². The highest BCUT2D eigenvalue weighted by molar-refractivity contribution is 5.96. The first-order valence-corrected chi connectivity index (χ1v) is 12.4. The van der Waals surface area contributed by atoms with Crippen molar-refractivity contribution in [3.05, 3.63) is 35.0 Å². The highest BCUT2D eigenvalue weighted by Crippen LogP contribution is 2.45. The van der Waals surface area contributed by atoms with Crippen LogP contribution in [-0.4, -0.2) is 85.0 Å². The molecule has 1 aromatic heterocycles. The summed E-state index contributed by atoms with van der Waals surface area (Å²) in [5, 5.41) is 4.21. The molecule has 1 unspecified atom stereocenters. The molecule has 0 spiro atoms. The van der Waals surface area contributed by atoms with Crippen molar-refractivity contribution in [2.75, 3.05) is 47.3 Å². The van der Waals surface area contributed by atoms with Crippen LogP contribution in [0.25, 0.3) is 10.9 Å². The van der Waals surface area contributed by atoms with Gasteiger partial charge in [0.2, 0.25) is 5.91 Å². The van der Waals surface area contributed by atoms with Gasteiger partial charge in [-0.2, -0.15) is 0 Å². The van der Waals surface area contributed by atoms with Gasteiger partial charge in [0.25, 0.3) is 0 Å². The molecule has 33 heavy (non-hydrogen) atoms. The number of carbonyl (C=O) groups excluding carboxylic acids is 2. The molecule has 1 saturated heterocycles. The zero-order valence-corrected chi connectivity index (χ0v) is 20.8. The van der Waals surface area contributed by atoms with E-state index in [1.165, 1.54) is 32.6 Å². The summed E-state index contributed by atoms with van der Waals surface area (Å²) >= 11 is 0. The Bertz CT molecular complexity index is 1010. The van der Waals surface area contributed by atoms with Gasteiger partial charge >= 0.3 is 6.03 Å². The maximum Gasteiger partial charge on any atom is 0.324 e. The molecule has 0 saturated carbocycles. The second kappa shape index (κ2) is 9.85. The summed E-state index contributed by atoms with van der Waals surface area (Å²) in [7, 11) is 6.16. The van der Waals surface area contributed by atoms with Gasteiger partial charge in [-0.25, -0.2) is 4.79 Å². The Morgan fingerprint density at radius 2 is 2.00 bits per heavy atom. The molecule has 180 valence electrons. The minimum atomic E-state index is -0.266. The number of benzene rings is 1. The van der Waals surface area contributed by atoms with Crippen LogP contribution in [0.5, 0.6) is 0 Å². The van der Waals surface area contributed by atoms with E-state index in [9.17, 15) is 9.59 Å². The van der Waals surface area contributed by atoms with Crippen molar-refractivity contribution < 1.29 is 9.59 Å². The predicted octanol–water partition coefficient (Wildman–Crippen LogP) is 3.20. The van der Waals surface area contributed by atoms with E-state index in [4.69, 9.17) is 0 Å². The maximum atomic E-state index is 13.7. The second-order valence-corrected chi connectivity index (χ2v) is 9.94. The number of nitrogens with one attached hydrogen (secondary N) is 2. The Balaban J connectivity index is 1.60. The molecule has 2 aliphatic rings. The summed E-state index contributed by atoms with van der Waals surface area (Å²) in [6.45, 7) is 6.61. The van der Waals surface area contributed by atoms with Crippen molar-refractivity contribution in [1.29, 1.82) is 0 Å². The smallest absolute Gasteiger partial charge is 0.324 e. The molecule has 1 fully saturated rings. The topological polar surface area (TPSA) is 71.7 Å². The summed E-state index contributed by atoms with van der Waals surface area (Å²) in [4.78, 5) is 36.0. The molecule has 0 bridgehead atoms. The average Bonchev–Trinajstić information content (AvgIpc) is 3.15. The number of piperidine rings is 1. The Kier molecular flexibility index (Phi) is 7.10. The molecule has 4 rings (SSSR count). The SMILES string of the molecule is CCNC(=O)N(CCCN(C)C)C(=O)[C@@H]1CC2c3cccc4[nH]c(CC)c(c34)C[C@H]2N(C)C1. The molecule has 2 heterocycles. The van der Waals surface area contributed by atoms with Gasteiger partial charge in [0.05, 0.1) is 5.92 Å². The molecule has 3 atom stereocenters. The van der Waals surface area contributed by atoms with Gasteiger partial charge in [-0.05, 0) is 77.5 Å². The van der Waals surface area contributed by atoms with Crippen LogP contribution < -0.4 is 5.32 Å². The average molecular weight is 454 g/mol. The molecule has 0 radical (unpaired) electrons. The van der Waals surface area contributed by atoms with E-state index in [0.29, 0.717) is 31.6 Å². The van der Waals surface area contributed by atoms with E-state index in [2.05, 4.69) is 52.3 Å². The molecular weight excluding hydrogens is 414 g/mol. The Hall–Kier alpha value is -2.38. The quantitative estimate of drug-likeness (QED) is 0.675. The highest BCUT2D eigenvalue weighted by atomic mass is 16.2. The maximum absolute atomic E-state index is 13.7. The van der Waals surface area contributed by atoms with Gasteiger partial charge < -0.3 is 20.1 Å². The van der Waals surface area contributed by atoms with Crippen LogP contribution in [0.15, 0.2) is 18.2 Å². The van der Waals surface area contributed by atoms with E-state index >= 15 is 0 Å². The summed E-state index contributed by atoms with van der Waals surface area (Å²) < 4.78 is 0. The van der Waals surface area contributed by atoms with Crippen molar-refractivity contribution in [3.8, 4) is 0 Å². The number of likely N-dealkylation sites (tertiary alicyclic amines) is 1. The number of nitrogens with zero attached hydrogens (tertiary/aromatic N) is 3. The number of amides is 3. The second-order valence-electron chi connectivity index (χ2n) is 9.94. The normalized spacial score (nSPS) is 22.4. The van der Waals surface area contributed by atoms with E-state index in [-0.39, 0.29) is 17.9 Å². The van der Waals surface area contributed by atoms with Crippen LogP contribution in [0.4, 0.5) is 4.79 Å². The van der Waals surface area contributed by atoms with Gasteiger partial charge in [-0.1, -0.05) is 19.1 Å². The molecule has 7 heteroatoms. The summed E-state index contributed by atoms with van der Waals surface area (Å²) in [6, 6.07) is 6.67. The number of imide groups is 1. The van der Waals surface area contributed by atoms with Crippen molar-refractivity contribution in [1.82, 2.24) is 25.0 Å². The van der Waals surface area contributed by atoms with Crippen LogP contribution in [0.2, 0.25) is 0 Å². The predicted molar refractivity (Wildman–Crippen MR) is 133 cm³/mol. The van der Waals surface area contributed by atoms with Crippen LogP contribution in [-0.2, 0) is 17.6 Å². The van der Waals surface area contributed by atoms with Crippen LogP contribution in [0.1, 0.15) is 49.4 Å². The number of fused-ring (bicyclic) bond motifs is 2. The standard InChI is InChI=1S/C26H39N5O2/c1-6-21-20-15-23-19(18-10-8-11-22(28-21)24(18)20)14-17(16-30(23)5)25(32)31(26(33)27-7-2)13-9-12-29(3)4/h8,10-11,17,19,23,28H,6-7,9,12-16H2,1-5H3,(H,27,33)/t17-,19?,23-/m1/s1. The largest absolute Gasteiger partial charge is 0.358 e. The summed E-state index contributed by atoms with van der Waals surface area (Å²) in [6.07, 6.45) is 3.59. The number of aromatic amines is 1. The van der Waals surface area contributed by atoms with E-state index in [1.54, 1.807) is 0 Å². The lowest BCUT2D eigenvalue weighted by molar-refractivity contribution is -0.135. The van der Waals surface area contributed by atoms with Crippen LogP contribution in [0, 0.1) is 5.92 Å². The monoisotopic (exact) mass is 453 g/mol. The molecule has 3 amide bonds. The van der Waals surface area contributed by atoms with Gasteiger partial charge in [-0.15, -0.1) is 0 Å². The number of rotatable bonds is 7. The minimum absolute atomic E-state index is 0.0358. The zero-order valence-electron chi connectivity index (χ0n) is 20.8. The third-order valence-corrected chi connectivity index (χ3v) is 7.47. The number of urea groups is 1. The molecule has 1 aromatic carbocycles. The Morgan fingerprint density at radius 3 is 2.70 bits per heavy atom. The zero-order chi connectivity index (χ0) is 23.7. The number of H-pyrrole nitrogens is 1. The lowest BCUT2D eigenvalue weighted by atomic mass is 9.71. The van der Waals surface area contributed by atoms with Gasteiger partial charge in [-0.3, -0.25) is 9.69 Å². The Morgan fingerprint density at radius 1 is 1.21 bits per heavy atom. The molecule has 7 nitrogen and oxygen atoms in total. The third-order valence-electron chi connectivity index (χ3n) is 7.47. The Labute approximate surface area is 197 Å². The molecule has 1 aliphatic heterocycles. The number of hydrogen-bond acceptors (Lipinski definition) is 4. The summed E-state index contributed by atoms with van der Waals surface area (Å²) in [5.74, 6) is 0.0816. The minimum Gasteiger partial charge on any atom is -0.358 e. The molecule has 2 aromatic rings. The first-order valence-electron chi connectivity index (χ1n) is 12.4. The van der Waals surface area contributed by atoms with Crippen molar-refractivity contribution >= 4 is 22.8 Å². The number of carbonyl (C=O) groups is 2. The lowest BCUT2D eigenvalue weighted by Gasteiger charge is -2.46.